The van der Waals surface area contributed by atoms with Crippen LogP contribution in [0.15, 0.2) is 59.3 Å². The van der Waals surface area contributed by atoms with Crippen molar-refractivity contribution in [3.05, 3.63) is 59.3 Å². The van der Waals surface area contributed by atoms with Gasteiger partial charge in [0.25, 0.3) is 0 Å². The molecule has 1 saturated carbocycles. The van der Waals surface area contributed by atoms with E-state index in [0.29, 0.717) is 17.9 Å². The van der Waals surface area contributed by atoms with Gasteiger partial charge in [-0.25, -0.2) is 0 Å². The third-order valence-electron chi connectivity index (χ3n) is 4.79. The summed E-state index contributed by atoms with van der Waals surface area (Å²) < 4.78 is 0. The molecule has 3 aliphatic carbocycles. The third kappa shape index (κ3) is 2.05. The summed E-state index contributed by atoms with van der Waals surface area (Å²) in [5.41, 5.74) is 4.95. The molecule has 0 aromatic rings. The predicted molar refractivity (Wildman–Crippen MR) is 82.4 cm³/mol. The summed E-state index contributed by atoms with van der Waals surface area (Å²) in [4.78, 5) is 0. The normalized spacial score (nSPS) is 34.9. The van der Waals surface area contributed by atoms with E-state index in [4.69, 9.17) is 0 Å². The molecule has 1 nitrogen and oxygen atoms in total. The maximum absolute atomic E-state index is 3.76. The third-order valence-corrected chi connectivity index (χ3v) is 4.79. The van der Waals surface area contributed by atoms with Gasteiger partial charge in [-0.1, -0.05) is 48.1 Å². The van der Waals surface area contributed by atoms with Crippen LogP contribution in [0.4, 0.5) is 0 Å². The van der Waals surface area contributed by atoms with Gasteiger partial charge in [0.05, 0.1) is 0 Å². The molecular weight excluding hydrogens is 254 g/mol. The Balaban J connectivity index is 0.00000110. The van der Waals surface area contributed by atoms with Crippen LogP contribution in [0.2, 0.25) is 0 Å². The van der Waals surface area contributed by atoms with E-state index in [0.717, 1.165) is 6.54 Å². The van der Waals surface area contributed by atoms with E-state index in [1.54, 1.807) is 16.7 Å². The van der Waals surface area contributed by atoms with Crippen LogP contribution in [0.25, 0.3) is 0 Å². The highest BCUT2D eigenvalue weighted by Crippen LogP contribution is 2.44. The van der Waals surface area contributed by atoms with Crippen molar-refractivity contribution in [1.29, 1.82) is 0 Å². The van der Waals surface area contributed by atoms with Crippen LogP contribution in [0.5, 0.6) is 0 Å². The molecule has 0 bridgehead atoms. The summed E-state index contributed by atoms with van der Waals surface area (Å²) in [5.74, 6) is 1.28. The Morgan fingerprint density at radius 3 is 3.05 bits per heavy atom. The fraction of sp³-hybridized carbons (Fsp3) is 0.412. The Morgan fingerprint density at radius 2 is 2.11 bits per heavy atom. The minimum Gasteiger partial charge on any atom is -0.309 e. The average Bonchev–Trinajstić information content (AvgIpc) is 2.46. The number of rotatable bonds is 0. The van der Waals surface area contributed by atoms with E-state index in [2.05, 4.69) is 47.8 Å². The van der Waals surface area contributed by atoms with Gasteiger partial charge in [0, 0.05) is 24.4 Å². The van der Waals surface area contributed by atoms with E-state index in [1.165, 1.54) is 19.3 Å². The topological polar surface area (TPSA) is 12.0 Å². The highest BCUT2D eigenvalue weighted by molar-refractivity contribution is 5.85. The maximum atomic E-state index is 3.76. The number of allylic oxidation sites excluding steroid dienone is 7. The molecule has 1 aliphatic heterocycles. The van der Waals surface area contributed by atoms with Gasteiger partial charge in [-0.05, 0) is 30.4 Å². The Bertz CT molecular complexity index is 521. The largest absolute Gasteiger partial charge is 0.309 e. The molecule has 0 spiro atoms. The van der Waals surface area contributed by atoms with E-state index in [-0.39, 0.29) is 12.4 Å². The van der Waals surface area contributed by atoms with Crippen LogP contribution in [0.1, 0.15) is 19.3 Å². The van der Waals surface area contributed by atoms with Crippen LogP contribution in [-0.2, 0) is 0 Å². The van der Waals surface area contributed by atoms with Crippen molar-refractivity contribution in [1.82, 2.24) is 5.32 Å². The number of nitrogens with one attached hydrogen (secondary N) is 1. The Morgan fingerprint density at radius 1 is 1.16 bits per heavy atom. The first-order valence-corrected chi connectivity index (χ1v) is 7.11. The van der Waals surface area contributed by atoms with Gasteiger partial charge < -0.3 is 5.32 Å². The van der Waals surface area contributed by atoms with Gasteiger partial charge in [0.15, 0.2) is 0 Å². The van der Waals surface area contributed by atoms with Gasteiger partial charge >= 0.3 is 0 Å². The minimum absolute atomic E-state index is 0. The highest BCUT2D eigenvalue weighted by Gasteiger charge is 2.36. The average molecular weight is 274 g/mol. The smallest absolute Gasteiger partial charge is 0.0294 e. The van der Waals surface area contributed by atoms with Crippen LogP contribution >= 0.6 is 12.4 Å². The van der Waals surface area contributed by atoms with Crippen molar-refractivity contribution < 1.29 is 0 Å². The second-order valence-electron chi connectivity index (χ2n) is 5.72. The SMILES string of the molecule is C1=CCC2C(=C1)CCC1NCC3C=CC=CC3=C12.Cl. The molecule has 4 rings (SSSR count). The standard InChI is InChI=1S/C17H19N.ClH/c1-3-7-14-12(5-1)9-10-16-17(14)15-8-4-2-6-13(15)11-18-16;/h1-6,8,13-14,16,18H,7,9-11H2;1H. The Kier molecular flexibility index (Phi) is 3.51. The van der Waals surface area contributed by atoms with E-state index >= 15 is 0 Å². The molecular formula is C17H20ClN. The van der Waals surface area contributed by atoms with Gasteiger partial charge in [-0.3, -0.25) is 0 Å². The number of fused-ring (bicyclic) bond motifs is 4. The van der Waals surface area contributed by atoms with Gasteiger partial charge in [0.1, 0.15) is 0 Å². The molecule has 1 fully saturated rings. The minimum atomic E-state index is 0. The molecule has 0 aromatic heterocycles. The first-order valence-electron chi connectivity index (χ1n) is 7.11. The molecule has 1 heterocycles. The first kappa shape index (κ1) is 13.0. The van der Waals surface area contributed by atoms with E-state index < -0.39 is 0 Å². The first-order chi connectivity index (χ1) is 8.93. The second kappa shape index (κ2) is 5.15. The summed E-state index contributed by atoms with van der Waals surface area (Å²) in [7, 11) is 0. The fourth-order valence-electron chi connectivity index (χ4n) is 3.92. The van der Waals surface area contributed by atoms with E-state index in [9.17, 15) is 0 Å². The lowest BCUT2D eigenvalue weighted by molar-refractivity contribution is 0.398. The summed E-state index contributed by atoms with van der Waals surface area (Å²) in [6.07, 6.45) is 19.8. The van der Waals surface area contributed by atoms with Crippen molar-refractivity contribution in [2.45, 2.75) is 25.3 Å². The van der Waals surface area contributed by atoms with Crippen molar-refractivity contribution in [3.8, 4) is 0 Å². The van der Waals surface area contributed by atoms with Crippen LogP contribution in [-0.4, -0.2) is 12.6 Å². The van der Waals surface area contributed by atoms with Crippen LogP contribution < -0.4 is 5.32 Å². The molecule has 3 atom stereocenters. The Labute approximate surface area is 121 Å². The van der Waals surface area contributed by atoms with Crippen molar-refractivity contribution in [3.63, 3.8) is 0 Å². The lowest BCUT2D eigenvalue weighted by Gasteiger charge is -2.42. The molecule has 0 amide bonds. The number of halogens is 1. The summed E-state index contributed by atoms with van der Waals surface area (Å²) >= 11 is 0. The molecule has 19 heavy (non-hydrogen) atoms. The van der Waals surface area contributed by atoms with Crippen LogP contribution in [0, 0.1) is 11.8 Å². The molecule has 3 unspecified atom stereocenters. The monoisotopic (exact) mass is 273 g/mol. The van der Waals surface area contributed by atoms with Gasteiger partial charge in [-0.15, -0.1) is 12.4 Å². The molecule has 4 aliphatic rings. The molecule has 0 saturated heterocycles. The van der Waals surface area contributed by atoms with Gasteiger partial charge in [-0.2, -0.15) is 0 Å². The van der Waals surface area contributed by atoms with Crippen molar-refractivity contribution >= 4 is 12.4 Å². The van der Waals surface area contributed by atoms with E-state index in [1.807, 2.05) is 0 Å². The summed E-state index contributed by atoms with van der Waals surface area (Å²) in [6, 6.07) is 0.626. The molecule has 100 valence electrons. The predicted octanol–water partition coefficient (Wildman–Crippen LogP) is 3.72. The summed E-state index contributed by atoms with van der Waals surface area (Å²) in [5, 5.41) is 3.76. The zero-order valence-electron chi connectivity index (χ0n) is 11.0. The maximum Gasteiger partial charge on any atom is 0.0294 e. The lowest BCUT2D eigenvalue weighted by atomic mass is 9.68. The quantitative estimate of drug-likeness (QED) is 0.709. The zero-order chi connectivity index (χ0) is 11.9. The van der Waals surface area contributed by atoms with Crippen molar-refractivity contribution in [2.24, 2.45) is 11.8 Å². The van der Waals surface area contributed by atoms with Crippen molar-refractivity contribution in [2.75, 3.05) is 6.54 Å². The lowest BCUT2D eigenvalue weighted by Crippen LogP contribution is -2.45. The number of hydrogen-bond donors (Lipinski definition) is 1. The Hall–Kier alpha value is -1.05. The zero-order valence-corrected chi connectivity index (χ0v) is 11.8. The molecule has 2 heteroatoms. The van der Waals surface area contributed by atoms with Crippen LogP contribution in [0.3, 0.4) is 0 Å². The number of hydrogen-bond acceptors (Lipinski definition) is 1. The molecule has 0 radical (unpaired) electrons. The summed E-state index contributed by atoms with van der Waals surface area (Å²) in [6.45, 7) is 1.12. The van der Waals surface area contributed by atoms with Gasteiger partial charge in [0.2, 0.25) is 0 Å². The molecule has 0 aromatic carbocycles. The highest BCUT2D eigenvalue weighted by atomic mass is 35.5. The second-order valence-corrected chi connectivity index (χ2v) is 5.72. The fourth-order valence-corrected chi connectivity index (χ4v) is 3.92. The molecule has 1 N–H and O–H groups in total.